The Labute approximate surface area is 128 Å². The Kier molecular flexibility index (Phi) is 6.68. The molecule has 0 bridgehead atoms. The summed E-state index contributed by atoms with van der Waals surface area (Å²) in [4.78, 5) is 23.0. The number of nitrogens with one attached hydrogen (secondary N) is 2. The molecule has 2 N–H and O–H groups in total. The van der Waals surface area contributed by atoms with Gasteiger partial charge in [-0.3, -0.25) is 9.59 Å². The molecule has 0 aromatic heterocycles. The van der Waals surface area contributed by atoms with Gasteiger partial charge in [0.15, 0.2) is 0 Å². The number of hydrogen-bond donors (Lipinski definition) is 2. The highest BCUT2D eigenvalue weighted by Gasteiger charge is 2.09. The van der Waals surface area contributed by atoms with E-state index >= 15 is 0 Å². The predicted octanol–water partition coefficient (Wildman–Crippen LogP) is 2.58. The molecule has 0 aliphatic heterocycles. The number of carbonyl (C=O) groups excluding carboxylic acids is 2. The van der Waals surface area contributed by atoms with Gasteiger partial charge in [-0.15, -0.1) is 0 Å². The molecule has 1 rings (SSSR count). The third kappa shape index (κ3) is 5.83. The van der Waals surface area contributed by atoms with Crippen LogP contribution in [0.15, 0.2) is 23.3 Å². The van der Waals surface area contributed by atoms with E-state index in [1.54, 1.807) is 32.0 Å². The zero-order valence-corrected chi connectivity index (χ0v) is 13.0. The van der Waals surface area contributed by atoms with Crippen LogP contribution in [-0.4, -0.2) is 24.6 Å². The van der Waals surface area contributed by atoms with Crippen LogP contribution in [-0.2, 0) is 9.59 Å². The van der Waals surface area contributed by atoms with Crippen molar-refractivity contribution < 1.29 is 14.3 Å². The van der Waals surface area contributed by atoms with Gasteiger partial charge in [0.05, 0.1) is 19.2 Å². The van der Waals surface area contributed by atoms with Crippen molar-refractivity contribution in [3.63, 3.8) is 0 Å². The van der Waals surface area contributed by atoms with E-state index in [1.165, 1.54) is 7.11 Å². The van der Waals surface area contributed by atoms with E-state index in [0.29, 0.717) is 28.6 Å². The highest BCUT2D eigenvalue weighted by molar-refractivity contribution is 6.31. The molecule has 0 heterocycles. The Bertz CT molecular complexity index is 558. The smallest absolute Gasteiger partial charge is 0.239 e. The highest BCUT2D eigenvalue weighted by Crippen LogP contribution is 2.27. The third-order valence-corrected chi connectivity index (χ3v) is 2.78. The monoisotopic (exact) mass is 311 g/mol. The quantitative estimate of drug-likeness (QED) is 0.626. The fourth-order valence-electron chi connectivity index (χ4n) is 1.48. The van der Waals surface area contributed by atoms with E-state index in [1.807, 2.05) is 0 Å². The van der Waals surface area contributed by atoms with Gasteiger partial charge in [0, 0.05) is 17.2 Å². The van der Waals surface area contributed by atoms with Crippen LogP contribution < -0.4 is 15.5 Å². The minimum absolute atomic E-state index is 0.0552. The van der Waals surface area contributed by atoms with Crippen molar-refractivity contribution in [1.29, 1.82) is 0 Å². The minimum Gasteiger partial charge on any atom is -0.495 e. The van der Waals surface area contributed by atoms with E-state index in [9.17, 15) is 9.59 Å². The first-order chi connectivity index (χ1) is 9.96. The molecule has 0 saturated carbocycles. The van der Waals surface area contributed by atoms with Crippen LogP contribution in [0.5, 0.6) is 5.75 Å². The van der Waals surface area contributed by atoms with Crippen molar-refractivity contribution in [1.82, 2.24) is 5.43 Å². The van der Waals surface area contributed by atoms with Gasteiger partial charge >= 0.3 is 0 Å². The van der Waals surface area contributed by atoms with Gasteiger partial charge in [-0.2, -0.15) is 5.10 Å². The molecule has 1 aromatic carbocycles. The molecule has 0 spiro atoms. The summed E-state index contributed by atoms with van der Waals surface area (Å²) in [6, 6.07) is 4.94. The van der Waals surface area contributed by atoms with Crippen molar-refractivity contribution in [2.45, 2.75) is 26.7 Å². The van der Waals surface area contributed by atoms with Gasteiger partial charge in [-0.1, -0.05) is 18.5 Å². The molecule has 0 aliphatic carbocycles. The van der Waals surface area contributed by atoms with Gasteiger partial charge in [0.1, 0.15) is 5.75 Å². The Morgan fingerprint density at radius 2 is 2.05 bits per heavy atom. The second kappa shape index (κ2) is 8.26. The van der Waals surface area contributed by atoms with E-state index in [4.69, 9.17) is 16.3 Å². The molecule has 0 atom stereocenters. The molecule has 2 amide bonds. The molecule has 0 saturated heterocycles. The summed E-state index contributed by atoms with van der Waals surface area (Å²) in [6.45, 7) is 3.38. The maximum atomic E-state index is 11.9. The first kappa shape index (κ1) is 17.0. The summed E-state index contributed by atoms with van der Waals surface area (Å²) < 4.78 is 5.14. The third-order valence-electron chi connectivity index (χ3n) is 2.54. The summed E-state index contributed by atoms with van der Waals surface area (Å²) in [7, 11) is 1.51. The van der Waals surface area contributed by atoms with Crippen molar-refractivity contribution in [3.05, 3.63) is 23.2 Å². The zero-order valence-electron chi connectivity index (χ0n) is 12.2. The van der Waals surface area contributed by atoms with Crippen LogP contribution in [0.25, 0.3) is 0 Å². The van der Waals surface area contributed by atoms with Crippen LogP contribution in [0.1, 0.15) is 26.7 Å². The Balaban J connectivity index is 2.65. The normalized spacial score (nSPS) is 11.0. The number of hydrogen-bond acceptors (Lipinski definition) is 4. The summed E-state index contributed by atoms with van der Waals surface area (Å²) >= 11 is 5.89. The number of hydrazone groups is 1. The minimum atomic E-state index is -0.275. The SMILES string of the molecule is CCC(=O)N/N=C(\C)CC(=O)Nc1cc(Cl)ccc1OC. The summed E-state index contributed by atoms with van der Waals surface area (Å²) in [5, 5.41) is 7.02. The van der Waals surface area contributed by atoms with Crippen molar-refractivity contribution in [2.75, 3.05) is 12.4 Å². The largest absolute Gasteiger partial charge is 0.495 e. The van der Waals surface area contributed by atoms with E-state index in [-0.39, 0.29) is 18.2 Å². The summed E-state index contributed by atoms with van der Waals surface area (Å²) in [5.74, 6) is 0.0375. The average molecular weight is 312 g/mol. The molecular weight excluding hydrogens is 294 g/mol. The molecule has 21 heavy (non-hydrogen) atoms. The van der Waals surface area contributed by atoms with Crippen molar-refractivity contribution in [2.24, 2.45) is 5.10 Å². The summed E-state index contributed by atoms with van der Waals surface area (Å²) in [5.41, 5.74) is 3.34. The number of benzene rings is 1. The van der Waals surface area contributed by atoms with Crippen molar-refractivity contribution >= 4 is 34.8 Å². The van der Waals surface area contributed by atoms with Gasteiger partial charge in [0.25, 0.3) is 0 Å². The molecule has 7 heteroatoms. The second-order valence-corrected chi connectivity index (χ2v) is 4.74. The first-order valence-electron chi connectivity index (χ1n) is 6.41. The first-order valence-corrected chi connectivity index (χ1v) is 6.79. The fourth-order valence-corrected chi connectivity index (χ4v) is 1.65. The van der Waals surface area contributed by atoms with Gasteiger partial charge in [-0.25, -0.2) is 5.43 Å². The lowest BCUT2D eigenvalue weighted by Gasteiger charge is -2.10. The standard InChI is InChI=1S/C14H18ClN3O3/c1-4-13(19)18-17-9(2)7-14(20)16-11-8-10(15)5-6-12(11)21-3/h5-6,8H,4,7H2,1-3H3,(H,16,20)(H,18,19)/b17-9+. The van der Waals surface area contributed by atoms with Crippen LogP contribution >= 0.6 is 11.6 Å². The topological polar surface area (TPSA) is 79.8 Å². The number of nitrogens with zero attached hydrogens (tertiary/aromatic N) is 1. The number of halogens is 1. The van der Waals surface area contributed by atoms with Gasteiger partial charge in [-0.05, 0) is 25.1 Å². The molecule has 0 fully saturated rings. The zero-order chi connectivity index (χ0) is 15.8. The van der Waals surface area contributed by atoms with Crippen LogP contribution in [0.2, 0.25) is 5.02 Å². The lowest BCUT2D eigenvalue weighted by molar-refractivity contribution is -0.121. The molecule has 1 aromatic rings. The molecular formula is C14H18ClN3O3. The lowest BCUT2D eigenvalue weighted by atomic mass is 10.2. The Morgan fingerprint density at radius 3 is 2.67 bits per heavy atom. The summed E-state index contributed by atoms with van der Waals surface area (Å²) in [6.07, 6.45) is 0.391. The fraction of sp³-hybridized carbons (Fsp3) is 0.357. The van der Waals surface area contributed by atoms with Gasteiger partial charge in [0.2, 0.25) is 11.8 Å². The number of rotatable bonds is 6. The van der Waals surface area contributed by atoms with E-state index < -0.39 is 0 Å². The number of amides is 2. The number of carbonyl (C=O) groups is 2. The Hall–Kier alpha value is -2.08. The van der Waals surface area contributed by atoms with E-state index in [0.717, 1.165) is 0 Å². The molecule has 0 unspecified atom stereocenters. The van der Waals surface area contributed by atoms with Gasteiger partial charge < -0.3 is 10.1 Å². The molecule has 0 aliphatic rings. The van der Waals surface area contributed by atoms with E-state index in [2.05, 4.69) is 15.8 Å². The number of anilines is 1. The van der Waals surface area contributed by atoms with Crippen LogP contribution in [0.3, 0.4) is 0 Å². The maximum Gasteiger partial charge on any atom is 0.239 e. The highest BCUT2D eigenvalue weighted by atomic mass is 35.5. The maximum absolute atomic E-state index is 11.9. The number of methoxy groups -OCH3 is 1. The predicted molar refractivity (Wildman–Crippen MR) is 82.8 cm³/mol. The Morgan fingerprint density at radius 1 is 1.33 bits per heavy atom. The number of ether oxygens (including phenoxy) is 1. The van der Waals surface area contributed by atoms with Crippen LogP contribution in [0, 0.1) is 0 Å². The second-order valence-electron chi connectivity index (χ2n) is 4.31. The lowest BCUT2D eigenvalue weighted by Crippen LogP contribution is -2.20. The van der Waals surface area contributed by atoms with Crippen LogP contribution in [0.4, 0.5) is 5.69 Å². The molecule has 114 valence electrons. The average Bonchev–Trinajstić information content (AvgIpc) is 2.44. The van der Waals surface area contributed by atoms with Crippen molar-refractivity contribution in [3.8, 4) is 5.75 Å². The molecule has 0 radical (unpaired) electrons. The molecule has 6 nitrogen and oxygen atoms in total.